The third-order valence-corrected chi connectivity index (χ3v) is 1.86. The van der Waals surface area contributed by atoms with Crippen molar-refractivity contribution in [1.82, 2.24) is 0 Å². The fourth-order valence-electron chi connectivity index (χ4n) is 1.02. The average Bonchev–Trinajstić information content (AvgIpc) is 2.18. The van der Waals surface area contributed by atoms with Gasteiger partial charge >= 0.3 is 0 Å². The fraction of sp³-hybridized carbons (Fsp3) is 0.333. The molecule has 0 radical (unpaired) electrons. The van der Waals surface area contributed by atoms with E-state index in [1.807, 2.05) is 31.2 Å². The molecule has 1 aromatic carbocycles. The van der Waals surface area contributed by atoms with Gasteiger partial charge < -0.3 is 9.47 Å². The lowest BCUT2D eigenvalue weighted by atomic mass is 10.2. The van der Waals surface area contributed by atoms with E-state index in [0.717, 1.165) is 23.5 Å². The summed E-state index contributed by atoms with van der Waals surface area (Å²) in [6, 6.07) is 7.57. The molecular weight excluding hydrogens is 176 g/mol. The van der Waals surface area contributed by atoms with E-state index >= 15 is 0 Å². The largest absolute Gasteiger partial charge is 0.497 e. The summed E-state index contributed by atoms with van der Waals surface area (Å²) in [4.78, 5) is 0. The molecule has 0 heterocycles. The van der Waals surface area contributed by atoms with E-state index in [9.17, 15) is 0 Å². The first kappa shape index (κ1) is 10.6. The summed E-state index contributed by atoms with van der Waals surface area (Å²) in [6.45, 7) is 6.49. The molecule has 0 aliphatic carbocycles. The van der Waals surface area contributed by atoms with Crippen molar-refractivity contribution in [1.29, 1.82) is 0 Å². The van der Waals surface area contributed by atoms with Crippen LogP contribution >= 0.6 is 0 Å². The minimum absolute atomic E-state index is 0.682. The lowest BCUT2D eigenvalue weighted by Gasteiger charge is -2.06. The number of rotatable bonds is 5. The second kappa shape index (κ2) is 5.32. The van der Waals surface area contributed by atoms with Gasteiger partial charge in [0.2, 0.25) is 0 Å². The van der Waals surface area contributed by atoms with Crippen LogP contribution in [0.5, 0.6) is 11.5 Å². The summed E-state index contributed by atoms with van der Waals surface area (Å²) in [5, 5.41) is 0. The highest BCUT2D eigenvalue weighted by Crippen LogP contribution is 2.17. The Balaban J connectivity index is 2.40. The van der Waals surface area contributed by atoms with Crippen molar-refractivity contribution in [2.45, 2.75) is 13.3 Å². The highest BCUT2D eigenvalue weighted by molar-refractivity contribution is 5.31. The third-order valence-electron chi connectivity index (χ3n) is 1.86. The molecule has 0 atom stereocenters. The van der Waals surface area contributed by atoms with Crippen LogP contribution in [0.25, 0.3) is 0 Å². The lowest BCUT2D eigenvalue weighted by Crippen LogP contribution is -1.97. The number of ether oxygens (including phenoxy) is 2. The number of hydrogen-bond donors (Lipinski definition) is 0. The maximum Gasteiger partial charge on any atom is 0.119 e. The molecule has 0 saturated heterocycles. The van der Waals surface area contributed by atoms with Crippen molar-refractivity contribution in [3.8, 4) is 11.5 Å². The van der Waals surface area contributed by atoms with Gasteiger partial charge in [-0.2, -0.15) is 0 Å². The summed E-state index contributed by atoms with van der Waals surface area (Å²) in [5.74, 6) is 1.71. The van der Waals surface area contributed by atoms with Gasteiger partial charge in [-0.15, -0.1) is 6.58 Å². The van der Waals surface area contributed by atoms with Crippen molar-refractivity contribution >= 4 is 0 Å². The van der Waals surface area contributed by atoms with Gasteiger partial charge in [0.25, 0.3) is 0 Å². The first-order chi connectivity index (χ1) is 6.72. The molecule has 2 heteroatoms. The molecule has 0 saturated carbocycles. The van der Waals surface area contributed by atoms with Crippen LogP contribution in [0.3, 0.4) is 0 Å². The molecule has 1 rings (SSSR count). The molecule has 0 bridgehead atoms. The Labute approximate surface area is 85.2 Å². The van der Waals surface area contributed by atoms with Crippen LogP contribution < -0.4 is 9.47 Å². The van der Waals surface area contributed by atoms with E-state index in [1.165, 1.54) is 0 Å². The normalized spacial score (nSPS) is 9.57. The highest BCUT2D eigenvalue weighted by atomic mass is 16.5. The molecule has 0 fully saturated rings. The summed E-state index contributed by atoms with van der Waals surface area (Å²) in [5.41, 5.74) is 1.14. The molecule has 0 aliphatic rings. The third kappa shape index (κ3) is 3.52. The Kier molecular flexibility index (Phi) is 4.05. The van der Waals surface area contributed by atoms with Gasteiger partial charge in [-0.05, 0) is 31.2 Å². The summed E-state index contributed by atoms with van der Waals surface area (Å²) in [7, 11) is 1.65. The predicted molar refractivity (Wildman–Crippen MR) is 57.9 cm³/mol. The van der Waals surface area contributed by atoms with Gasteiger partial charge in [-0.25, -0.2) is 0 Å². The van der Waals surface area contributed by atoms with Gasteiger partial charge in [0, 0.05) is 6.42 Å². The van der Waals surface area contributed by atoms with E-state index in [2.05, 4.69) is 6.58 Å². The summed E-state index contributed by atoms with van der Waals surface area (Å²) in [6.07, 6.45) is 0.895. The quantitative estimate of drug-likeness (QED) is 0.667. The second-order valence-electron chi connectivity index (χ2n) is 3.23. The summed E-state index contributed by atoms with van der Waals surface area (Å²) < 4.78 is 10.5. The zero-order valence-corrected chi connectivity index (χ0v) is 8.75. The zero-order valence-electron chi connectivity index (χ0n) is 8.75. The Morgan fingerprint density at radius 2 is 1.79 bits per heavy atom. The number of hydrogen-bond acceptors (Lipinski definition) is 2. The molecule has 0 aliphatic heterocycles. The van der Waals surface area contributed by atoms with Gasteiger partial charge in [-0.1, -0.05) is 5.57 Å². The maximum absolute atomic E-state index is 5.50. The SMILES string of the molecule is C=C(C)CCOc1ccc(OC)cc1. The van der Waals surface area contributed by atoms with E-state index in [0.29, 0.717) is 6.61 Å². The summed E-state index contributed by atoms with van der Waals surface area (Å²) >= 11 is 0. The molecule has 0 unspecified atom stereocenters. The fourth-order valence-corrected chi connectivity index (χ4v) is 1.02. The van der Waals surface area contributed by atoms with E-state index in [1.54, 1.807) is 7.11 Å². The molecule has 0 amide bonds. The van der Waals surface area contributed by atoms with Crippen LogP contribution in [0.1, 0.15) is 13.3 Å². The molecule has 0 N–H and O–H groups in total. The van der Waals surface area contributed by atoms with Crippen molar-refractivity contribution in [3.05, 3.63) is 36.4 Å². The van der Waals surface area contributed by atoms with Crippen molar-refractivity contribution < 1.29 is 9.47 Å². The van der Waals surface area contributed by atoms with E-state index in [-0.39, 0.29) is 0 Å². The Morgan fingerprint density at radius 3 is 2.29 bits per heavy atom. The molecule has 1 aromatic rings. The molecule has 76 valence electrons. The standard InChI is InChI=1S/C12H16O2/c1-10(2)8-9-14-12-6-4-11(13-3)5-7-12/h4-7H,1,8-9H2,2-3H3. The minimum Gasteiger partial charge on any atom is -0.497 e. The lowest BCUT2D eigenvalue weighted by molar-refractivity contribution is 0.321. The Bertz CT molecular complexity index is 288. The first-order valence-electron chi connectivity index (χ1n) is 4.63. The molecule has 0 aromatic heterocycles. The van der Waals surface area contributed by atoms with E-state index in [4.69, 9.17) is 9.47 Å². The van der Waals surface area contributed by atoms with Crippen LogP contribution in [-0.4, -0.2) is 13.7 Å². The Morgan fingerprint density at radius 1 is 1.21 bits per heavy atom. The Hall–Kier alpha value is -1.44. The van der Waals surface area contributed by atoms with Gasteiger partial charge in [-0.3, -0.25) is 0 Å². The van der Waals surface area contributed by atoms with E-state index < -0.39 is 0 Å². The van der Waals surface area contributed by atoms with Crippen LogP contribution in [0, 0.1) is 0 Å². The van der Waals surface area contributed by atoms with Gasteiger partial charge in [0.15, 0.2) is 0 Å². The monoisotopic (exact) mass is 192 g/mol. The van der Waals surface area contributed by atoms with Crippen molar-refractivity contribution in [2.24, 2.45) is 0 Å². The predicted octanol–water partition coefficient (Wildman–Crippen LogP) is 3.04. The molecule has 14 heavy (non-hydrogen) atoms. The maximum atomic E-state index is 5.50. The van der Waals surface area contributed by atoms with Gasteiger partial charge in [0.1, 0.15) is 11.5 Å². The minimum atomic E-state index is 0.682. The second-order valence-corrected chi connectivity index (χ2v) is 3.23. The topological polar surface area (TPSA) is 18.5 Å². The molecule has 2 nitrogen and oxygen atoms in total. The number of benzene rings is 1. The smallest absolute Gasteiger partial charge is 0.119 e. The van der Waals surface area contributed by atoms with Crippen LogP contribution in [0.15, 0.2) is 36.4 Å². The van der Waals surface area contributed by atoms with Crippen molar-refractivity contribution in [3.63, 3.8) is 0 Å². The number of methoxy groups -OCH3 is 1. The first-order valence-corrected chi connectivity index (χ1v) is 4.63. The van der Waals surface area contributed by atoms with Gasteiger partial charge in [0.05, 0.1) is 13.7 Å². The van der Waals surface area contributed by atoms with Crippen LogP contribution in [-0.2, 0) is 0 Å². The highest BCUT2D eigenvalue weighted by Gasteiger charge is 1.94. The van der Waals surface area contributed by atoms with Crippen LogP contribution in [0.2, 0.25) is 0 Å². The molecular formula is C12H16O2. The molecule has 0 spiro atoms. The van der Waals surface area contributed by atoms with Crippen molar-refractivity contribution in [2.75, 3.05) is 13.7 Å². The average molecular weight is 192 g/mol. The van der Waals surface area contributed by atoms with Crippen LogP contribution in [0.4, 0.5) is 0 Å². The zero-order chi connectivity index (χ0) is 10.4.